The summed E-state index contributed by atoms with van der Waals surface area (Å²) in [6.07, 6.45) is 3.50. The fourth-order valence-corrected chi connectivity index (χ4v) is 3.46. The number of nitrogens with two attached hydrogens (primary N) is 2. The van der Waals surface area contributed by atoms with E-state index in [0.717, 1.165) is 22.1 Å². The van der Waals surface area contributed by atoms with E-state index in [0.29, 0.717) is 18.1 Å². The average Bonchev–Trinajstić information content (AvgIpc) is 3.09. The minimum Gasteiger partial charge on any atom is -0.368 e. The molecule has 10 heteroatoms. The van der Waals surface area contributed by atoms with E-state index in [1.807, 2.05) is 34.9 Å². The molecule has 0 aliphatic heterocycles. The molecule has 0 saturated heterocycles. The Hall–Kier alpha value is -3.53. The largest absolute Gasteiger partial charge is 0.368 e. The molecule has 28 heavy (non-hydrogen) atoms. The lowest BCUT2D eigenvalue weighted by Gasteiger charge is -2.10. The topological polar surface area (TPSA) is 134 Å². The Kier molecular flexibility index (Phi) is 5.11. The molecule has 3 heterocycles. The number of benzene rings is 1. The van der Waals surface area contributed by atoms with E-state index < -0.39 is 0 Å². The maximum absolute atomic E-state index is 5.65. The smallest absolute Gasteiger partial charge is 0.225 e. The van der Waals surface area contributed by atoms with Gasteiger partial charge in [-0.15, -0.1) is 10.2 Å². The minimum atomic E-state index is 0.102. The van der Waals surface area contributed by atoms with E-state index in [1.165, 1.54) is 11.8 Å². The summed E-state index contributed by atoms with van der Waals surface area (Å²) in [5.41, 5.74) is 13.3. The minimum absolute atomic E-state index is 0.102. The molecule has 0 spiro atoms. The van der Waals surface area contributed by atoms with Crippen molar-refractivity contribution in [1.29, 1.82) is 0 Å². The van der Waals surface area contributed by atoms with Crippen molar-refractivity contribution < 1.29 is 0 Å². The van der Waals surface area contributed by atoms with Crippen molar-refractivity contribution in [3.05, 3.63) is 66.2 Å². The maximum Gasteiger partial charge on any atom is 0.225 e. The van der Waals surface area contributed by atoms with E-state index in [4.69, 9.17) is 11.5 Å². The van der Waals surface area contributed by atoms with E-state index in [2.05, 4.69) is 42.3 Å². The van der Waals surface area contributed by atoms with Crippen LogP contribution in [-0.2, 0) is 12.3 Å². The van der Waals surface area contributed by atoms with Gasteiger partial charge in [-0.3, -0.25) is 9.55 Å². The zero-order chi connectivity index (χ0) is 19.3. The Morgan fingerprint density at radius 3 is 2.39 bits per heavy atom. The molecule has 4 N–H and O–H groups in total. The third-order valence-electron chi connectivity index (χ3n) is 3.87. The van der Waals surface area contributed by atoms with Crippen LogP contribution >= 0.6 is 11.8 Å². The van der Waals surface area contributed by atoms with Crippen molar-refractivity contribution in [2.75, 3.05) is 11.5 Å². The molecule has 0 bridgehead atoms. The van der Waals surface area contributed by atoms with Crippen LogP contribution in [0.2, 0.25) is 0 Å². The van der Waals surface area contributed by atoms with Gasteiger partial charge < -0.3 is 11.5 Å². The molecule has 3 aromatic heterocycles. The molecule has 0 atom stereocenters. The summed E-state index contributed by atoms with van der Waals surface area (Å²) < 4.78 is 2.05. The molecular weight excluding hydrogens is 374 g/mol. The Bertz CT molecular complexity index is 1050. The first-order chi connectivity index (χ1) is 13.7. The van der Waals surface area contributed by atoms with Crippen molar-refractivity contribution in [2.24, 2.45) is 0 Å². The summed E-state index contributed by atoms with van der Waals surface area (Å²) in [7, 11) is 0. The first-order valence-corrected chi connectivity index (χ1v) is 9.44. The summed E-state index contributed by atoms with van der Waals surface area (Å²) in [6, 6.07) is 14.0. The summed E-state index contributed by atoms with van der Waals surface area (Å²) in [5, 5.41) is 9.48. The molecule has 4 aromatic rings. The van der Waals surface area contributed by atoms with Gasteiger partial charge in [0.25, 0.3) is 0 Å². The Morgan fingerprint density at radius 2 is 1.68 bits per heavy atom. The number of hydrogen-bond donors (Lipinski definition) is 2. The standard InChI is InChI=1S/C18H17N9S/c19-16-22-14(23-17(20)24-16)11-28-18-26-25-15(13-7-4-8-21-9-13)27(18)10-12-5-2-1-3-6-12/h1-9H,10-11H2,(H4,19,20,22,23,24). The number of pyridine rings is 1. The lowest BCUT2D eigenvalue weighted by molar-refractivity contribution is 0.714. The third-order valence-corrected chi connectivity index (χ3v) is 4.83. The highest BCUT2D eigenvalue weighted by Gasteiger charge is 2.16. The summed E-state index contributed by atoms with van der Waals surface area (Å²) in [5.74, 6) is 1.88. The second-order valence-corrected chi connectivity index (χ2v) is 6.82. The van der Waals surface area contributed by atoms with Crippen molar-refractivity contribution in [2.45, 2.75) is 17.5 Å². The lowest BCUT2D eigenvalue weighted by atomic mass is 10.2. The molecule has 0 aliphatic carbocycles. The molecule has 0 amide bonds. The van der Waals surface area contributed by atoms with Gasteiger partial charge in [0.15, 0.2) is 11.0 Å². The number of thioether (sulfide) groups is 1. The Morgan fingerprint density at radius 1 is 0.893 bits per heavy atom. The Balaban J connectivity index is 1.65. The van der Waals surface area contributed by atoms with Crippen LogP contribution in [-0.4, -0.2) is 34.7 Å². The fraction of sp³-hybridized carbons (Fsp3) is 0.111. The SMILES string of the molecule is Nc1nc(N)nc(CSc2nnc(-c3cccnc3)n2Cc2ccccc2)n1. The molecular formula is C18H17N9S. The number of hydrogen-bond acceptors (Lipinski definition) is 9. The van der Waals surface area contributed by atoms with Crippen LogP contribution in [0.25, 0.3) is 11.4 Å². The molecule has 0 radical (unpaired) electrons. The number of nitrogen functional groups attached to an aromatic ring is 2. The number of rotatable bonds is 6. The van der Waals surface area contributed by atoms with Gasteiger partial charge in [0.2, 0.25) is 11.9 Å². The van der Waals surface area contributed by atoms with Crippen molar-refractivity contribution in [3.63, 3.8) is 0 Å². The van der Waals surface area contributed by atoms with Crippen LogP contribution in [0.4, 0.5) is 11.9 Å². The number of anilines is 2. The van der Waals surface area contributed by atoms with Gasteiger partial charge in [0.1, 0.15) is 5.82 Å². The molecule has 0 fully saturated rings. The molecule has 4 rings (SSSR count). The van der Waals surface area contributed by atoms with Crippen LogP contribution in [0.3, 0.4) is 0 Å². The molecule has 0 unspecified atom stereocenters. The predicted octanol–water partition coefficient (Wildman–Crippen LogP) is 2.03. The maximum atomic E-state index is 5.65. The van der Waals surface area contributed by atoms with Crippen LogP contribution in [0.1, 0.15) is 11.4 Å². The van der Waals surface area contributed by atoms with Gasteiger partial charge in [0, 0.05) is 18.0 Å². The second-order valence-electron chi connectivity index (χ2n) is 5.88. The highest BCUT2D eigenvalue weighted by Crippen LogP contribution is 2.26. The monoisotopic (exact) mass is 391 g/mol. The molecule has 140 valence electrons. The van der Waals surface area contributed by atoms with E-state index in [9.17, 15) is 0 Å². The van der Waals surface area contributed by atoms with Crippen molar-refractivity contribution in [3.8, 4) is 11.4 Å². The van der Waals surface area contributed by atoms with E-state index >= 15 is 0 Å². The third kappa shape index (κ3) is 4.07. The fourth-order valence-electron chi connectivity index (χ4n) is 2.66. The van der Waals surface area contributed by atoms with E-state index in [-0.39, 0.29) is 11.9 Å². The van der Waals surface area contributed by atoms with Crippen LogP contribution < -0.4 is 11.5 Å². The van der Waals surface area contributed by atoms with Crippen molar-refractivity contribution >= 4 is 23.7 Å². The first-order valence-electron chi connectivity index (χ1n) is 8.45. The van der Waals surface area contributed by atoms with Gasteiger partial charge in [0.05, 0.1) is 12.3 Å². The number of aromatic nitrogens is 7. The quantitative estimate of drug-likeness (QED) is 0.473. The molecule has 9 nitrogen and oxygen atoms in total. The van der Waals surface area contributed by atoms with Gasteiger partial charge in [-0.25, -0.2) is 0 Å². The first kappa shape index (κ1) is 17.9. The zero-order valence-corrected chi connectivity index (χ0v) is 15.6. The highest BCUT2D eigenvalue weighted by molar-refractivity contribution is 7.98. The van der Waals surface area contributed by atoms with Crippen molar-refractivity contribution in [1.82, 2.24) is 34.7 Å². The van der Waals surface area contributed by atoms with Gasteiger partial charge >= 0.3 is 0 Å². The van der Waals surface area contributed by atoms with Gasteiger partial charge in [-0.05, 0) is 17.7 Å². The Labute approximate surface area is 165 Å². The summed E-state index contributed by atoms with van der Waals surface area (Å²) in [6.45, 7) is 0.627. The molecule has 0 saturated carbocycles. The average molecular weight is 391 g/mol. The summed E-state index contributed by atoms with van der Waals surface area (Å²) in [4.78, 5) is 16.2. The second kappa shape index (κ2) is 8.01. The predicted molar refractivity (Wildman–Crippen MR) is 107 cm³/mol. The zero-order valence-electron chi connectivity index (χ0n) is 14.8. The molecule has 1 aromatic carbocycles. The van der Waals surface area contributed by atoms with Crippen LogP contribution in [0, 0.1) is 0 Å². The summed E-state index contributed by atoms with van der Waals surface area (Å²) >= 11 is 1.46. The normalized spacial score (nSPS) is 10.9. The lowest BCUT2D eigenvalue weighted by Crippen LogP contribution is -2.07. The highest BCUT2D eigenvalue weighted by atomic mass is 32.2. The van der Waals surface area contributed by atoms with Crippen LogP contribution in [0.5, 0.6) is 0 Å². The van der Waals surface area contributed by atoms with Gasteiger partial charge in [-0.2, -0.15) is 15.0 Å². The number of nitrogens with zero attached hydrogens (tertiary/aromatic N) is 7. The van der Waals surface area contributed by atoms with E-state index in [1.54, 1.807) is 12.4 Å². The molecule has 0 aliphatic rings. The van der Waals surface area contributed by atoms with Gasteiger partial charge in [-0.1, -0.05) is 42.1 Å². The van der Waals surface area contributed by atoms with Crippen LogP contribution in [0.15, 0.2) is 60.0 Å².